The Morgan fingerprint density at radius 1 is 0.178 bits per heavy atom. The molecule has 2 heterocycles. The molecule has 2 rings (SSSR count). The quantitative estimate of drug-likeness (QED) is 0.0809. The summed E-state index contributed by atoms with van der Waals surface area (Å²) < 4.78 is 112. The number of rotatable bonds is 20. The molecule has 0 aromatic rings. The van der Waals surface area contributed by atoms with E-state index < -0.39 is 98.8 Å². The van der Waals surface area contributed by atoms with E-state index in [1.165, 1.54) is 0 Å². The predicted octanol–water partition coefficient (Wildman–Crippen LogP) is 14.2. The summed E-state index contributed by atoms with van der Waals surface area (Å²) in [5, 5.41) is 17.2. The topological polar surface area (TPSA) is 278 Å². The van der Waals surface area contributed by atoms with Gasteiger partial charge in [-0.1, -0.05) is 335 Å². The zero-order valence-corrected chi connectivity index (χ0v) is 108. The molecule has 40 heteroatoms. The van der Waals surface area contributed by atoms with E-state index in [2.05, 4.69) is 236 Å². The summed E-state index contributed by atoms with van der Waals surface area (Å²) in [7, 11) is -13.3. The second kappa shape index (κ2) is 103. The average molecular weight is 2270 g/mol. The molecule has 0 unspecified atom stereocenters. The average Bonchev–Trinajstić information content (AvgIpc) is 0.951. The zero-order valence-electron chi connectivity index (χ0n) is 86.2. The van der Waals surface area contributed by atoms with Gasteiger partial charge < -0.3 is 114 Å². The van der Waals surface area contributed by atoms with Crippen molar-refractivity contribution in [2.75, 3.05) is 211 Å². The molecule has 2 aliphatic heterocycles. The van der Waals surface area contributed by atoms with E-state index in [1.807, 2.05) is 55.4 Å². The summed E-state index contributed by atoms with van der Waals surface area (Å²) in [5.74, 6) is 0. The van der Waals surface area contributed by atoms with Gasteiger partial charge in [-0.2, -0.15) is 12.2 Å². The Labute approximate surface area is 891 Å². The van der Waals surface area contributed by atoms with Gasteiger partial charge in [-0.3, -0.25) is 0 Å². The van der Waals surface area contributed by atoms with E-state index in [0.29, 0.717) is 159 Å². The van der Waals surface area contributed by atoms with Crippen LogP contribution in [0, 0.1) is 86.0 Å². The smallest absolute Gasteiger partial charge is 0.833 e. The molecule has 0 spiro atoms. The fourth-order valence-corrected chi connectivity index (χ4v) is 57.8. The van der Waals surface area contributed by atoms with Crippen LogP contribution >= 0.6 is 0 Å². The first kappa shape index (κ1) is 158. The summed E-state index contributed by atoms with van der Waals surface area (Å²) in [6, 6.07) is 0. The molecule has 0 N–H and O–H groups in total. The number of ether oxygens (including phenoxy) is 16. The molecule has 726 valence electrons. The van der Waals surface area contributed by atoms with E-state index in [1.54, 1.807) is 0 Å². The minimum Gasteiger partial charge on any atom is -0.833 e. The van der Waals surface area contributed by atoms with Crippen molar-refractivity contribution >= 4 is 98.8 Å². The van der Waals surface area contributed by atoms with Crippen molar-refractivity contribution in [1.29, 1.82) is 0 Å². The van der Waals surface area contributed by atoms with Gasteiger partial charge in [0.1, 0.15) is 0 Å². The van der Waals surface area contributed by atoms with Gasteiger partial charge in [0.2, 0.25) is 0 Å². The zero-order chi connectivity index (χ0) is 91.6. The Hall–Kier alpha value is 6.62. The molecular weight excluding hydrogens is 2070 g/mol. The summed E-state index contributed by atoms with van der Waals surface area (Å²) in [4.78, 5) is 0. The van der Waals surface area contributed by atoms with E-state index >= 15 is 0 Å². The van der Waals surface area contributed by atoms with Crippen LogP contribution in [-0.4, -0.2) is 310 Å². The van der Waals surface area contributed by atoms with Crippen LogP contribution in [0.2, 0.25) is 236 Å². The first-order chi connectivity index (χ1) is 51.8. The molecule has 0 aromatic carbocycles. The molecule has 0 atom stereocenters. The molecular formula is C78H196K2Lu2N6O18Si12. The SMILES string of the molecule is C1COCCOCCOCCOCCOCCO1.C1COCCOCCOCCOCCOCCO1.CCOCC.CCOCC.CCOCC.CCOCC.C[Si](C)(C)[N-][Si](C)(C)C.C[Si](C)(C)[N-][Si](C)(C)C.C[Si](C)(C)[N-][Si](C)(C)C.C[Si](C)(C)[N-][Si](C)(C)C.C[Si](C)(C)[N-][Si](C)(C)C.C[Si](C)(C)[N-][Si](C)(C)C.[K+].[K+].[Lu+3].[Lu+3].[O-]C#C[O-]. The maximum atomic E-state index is 8.62. The number of hydrogen-bond acceptors (Lipinski definition) is 18. The van der Waals surface area contributed by atoms with Gasteiger partial charge in [0, 0.05) is 52.9 Å². The van der Waals surface area contributed by atoms with Crippen molar-refractivity contribution in [2.24, 2.45) is 0 Å². The molecule has 0 amide bonds. The van der Waals surface area contributed by atoms with Crippen molar-refractivity contribution in [2.45, 2.75) is 291 Å². The van der Waals surface area contributed by atoms with Crippen LogP contribution in [0.3, 0.4) is 0 Å². The van der Waals surface area contributed by atoms with Crippen molar-refractivity contribution in [3.63, 3.8) is 0 Å². The van der Waals surface area contributed by atoms with Crippen LogP contribution in [0.1, 0.15) is 55.4 Å². The second-order valence-electron chi connectivity index (χ2n) is 37.4. The monoisotopic (exact) mass is 2270 g/mol. The summed E-state index contributed by atoms with van der Waals surface area (Å²) >= 11 is 0. The van der Waals surface area contributed by atoms with E-state index in [9.17, 15) is 0 Å². The molecule has 2 aliphatic rings. The summed E-state index contributed by atoms with van der Waals surface area (Å²) in [6.07, 6.45) is 1.75. The Kier molecular flexibility index (Phi) is 138. The summed E-state index contributed by atoms with van der Waals surface area (Å²) in [6.45, 7) is 119. The van der Waals surface area contributed by atoms with Gasteiger partial charge in [-0.15, -0.1) is 0 Å². The van der Waals surface area contributed by atoms with Crippen molar-refractivity contribution in [3.8, 4) is 12.2 Å². The van der Waals surface area contributed by atoms with Crippen molar-refractivity contribution < 1.29 is 263 Å². The Morgan fingerprint density at radius 3 is 0.254 bits per heavy atom. The van der Waals surface area contributed by atoms with Gasteiger partial charge in [0.05, 0.1) is 159 Å². The van der Waals surface area contributed by atoms with Crippen LogP contribution in [0.5, 0.6) is 0 Å². The van der Waals surface area contributed by atoms with Gasteiger partial charge in [-0.25, -0.2) is 0 Å². The van der Waals surface area contributed by atoms with Crippen LogP contribution in [0.4, 0.5) is 0 Å². The third-order valence-corrected chi connectivity index (χ3v) is 42.4. The molecule has 0 radical (unpaired) electrons. The Balaban J connectivity index is -0.0000000767. The van der Waals surface area contributed by atoms with E-state index in [4.69, 9.17) is 114 Å². The fraction of sp³-hybridized carbons (Fsp3) is 0.974. The fourth-order valence-electron chi connectivity index (χ4n) is 9.49. The molecule has 2 saturated heterocycles. The van der Waals surface area contributed by atoms with Crippen LogP contribution < -0.4 is 113 Å². The van der Waals surface area contributed by atoms with Gasteiger partial charge in [0.25, 0.3) is 0 Å². The van der Waals surface area contributed by atoms with Gasteiger partial charge >= 0.3 is 177 Å². The van der Waals surface area contributed by atoms with Crippen molar-refractivity contribution in [1.82, 2.24) is 0 Å². The first-order valence-corrected chi connectivity index (χ1v) is 83.6. The molecule has 2 fully saturated rings. The molecule has 24 nitrogen and oxygen atoms in total. The Bertz CT molecular complexity index is 1470. The van der Waals surface area contributed by atoms with Crippen LogP contribution in [0.25, 0.3) is 27.9 Å². The minimum absolute atomic E-state index is 0. The van der Waals surface area contributed by atoms with Crippen molar-refractivity contribution in [3.05, 3.63) is 27.9 Å². The predicted molar refractivity (Wildman–Crippen MR) is 527 cm³/mol. The molecule has 0 aromatic heterocycles. The number of hydrogen-bond donors (Lipinski definition) is 0. The maximum absolute atomic E-state index is 8.62. The first-order valence-electron chi connectivity index (χ1n) is 42.2. The third kappa shape index (κ3) is 236. The molecule has 118 heavy (non-hydrogen) atoms. The molecule has 0 saturated carbocycles. The van der Waals surface area contributed by atoms with E-state index in [-0.39, 0.29) is 177 Å². The second-order valence-corrected chi connectivity index (χ2v) is 94.9. The molecule has 0 aliphatic carbocycles. The van der Waals surface area contributed by atoms with Crippen LogP contribution in [0.15, 0.2) is 0 Å². The van der Waals surface area contributed by atoms with Gasteiger partial charge in [0.15, 0.2) is 0 Å². The van der Waals surface area contributed by atoms with Gasteiger partial charge in [-0.05, 0) is 55.4 Å². The summed E-state index contributed by atoms with van der Waals surface area (Å²) in [5.41, 5.74) is 0. The third-order valence-electron chi connectivity index (χ3n) is 10.2. The molecule has 0 bridgehead atoms. The largest absolute Gasteiger partial charge is 3.00 e. The van der Waals surface area contributed by atoms with E-state index in [0.717, 1.165) is 65.1 Å². The maximum Gasteiger partial charge on any atom is 3.00 e. The minimum atomic E-state index is -1.11. The number of nitrogens with zero attached hydrogens (tertiary/aromatic N) is 6. The normalized spacial score (nSPS) is 15.3. The standard InChI is InChI=1S/2C12H24O6.6C6H18NSi2.4C4H10O.C2H2O2.2K.2Lu/c2*1-2-14-5-6-16-9-10-18-12-11-17-8-7-15-4-3-13-1;6*1-8(2,3)7-9(4,5)6;4*1-3-5-4-2;3-1-2-4;;;;/h2*1-12H2;6*1-6H3;4*3-4H2,1-2H3;3-4H;;;;/q;;6*-1;;;;;;2*+1;2*+3/p-2. The van der Waals surface area contributed by atoms with Crippen LogP contribution in [-0.2, 0) is 75.8 Å². The Morgan fingerprint density at radius 2 is 0.237 bits per heavy atom.